The third-order valence-electron chi connectivity index (χ3n) is 2.80. The summed E-state index contributed by atoms with van der Waals surface area (Å²) in [4.78, 5) is 13.7. The van der Waals surface area contributed by atoms with Gasteiger partial charge in [-0.1, -0.05) is 0 Å². The zero-order valence-electron chi connectivity index (χ0n) is 12.0. The highest BCUT2D eigenvalue weighted by Crippen LogP contribution is 2.18. The van der Waals surface area contributed by atoms with Gasteiger partial charge in [-0.2, -0.15) is 5.10 Å². The van der Waals surface area contributed by atoms with E-state index in [0.717, 1.165) is 0 Å². The number of aryl methyl sites for hydroxylation is 1. The quantitative estimate of drug-likeness (QED) is 0.758. The Hall–Kier alpha value is -1.45. The Balaban J connectivity index is 3.20. The van der Waals surface area contributed by atoms with E-state index >= 15 is 0 Å². The number of H-pyrrole nitrogens is 1. The fraction of sp³-hybridized carbons (Fsp3) is 0.636. The summed E-state index contributed by atoms with van der Waals surface area (Å²) in [7, 11) is -2.49. The Morgan fingerprint density at radius 1 is 1.50 bits per heavy atom. The molecule has 1 amide bonds. The molecule has 0 radical (unpaired) electrons. The van der Waals surface area contributed by atoms with Crippen LogP contribution in [0.4, 0.5) is 0 Å². The highest BCUT2D eigenvalue weighted by molar-refractivity contribution is 7.89. The van der Waals surface area contributed by atoms with E-state index < -0.39 is 15.9 Å². The Morgan fingerprint density at radius 2 is 2.10 bits per heavy atom. The number of nitrogens with zero attached hydrogens (tertiary/aromatic N) is 2. The van der Waals surface area contributed by atoms with Crippen LogP contribution in [0.3, 0.4) is 0 Å². The van der Waals surface area contributed by atoms with Crippen LogP contribution in [0.5, 0.6) is 0 Å². The van der Waals surface area contributed by atoms with Gasteiger partial charge in [-0.15, -0.1) is 0 Å². The van der Waals surface area contributed by atoms with Crippen LogP contribution >= 0.6 is 0 Å². The molecule has 9 heteroatoms. The molecule has 1 aromatic rings. The number of carbonyl (C=O) groups is 1. The first-order chi connectivity index (χ1) is 9.20. The van der Waals surface area contributed by atoms with E-state index in [1.165, 1.54) is 18.9 Å². The highest BCUT2D eigenvalue weighted by Gasteiger charge is 2.29. The Bertz CT molecular complexity index is 579. The van der Waals surface area contributed by atoms with Gasteiger partial charge in [0.25, 0.3) is 5.91 Å². The lowest BCUT2D eigenvalue weighted by Crippen LogP contribution is -2.40. The first-order valence-corrected chi connectivity index (χ1v) is 7.62. The summed E-state index contributed by atoms with van der Waals surface area (Å²) in [6, 6.07) is -0.122. The van der Waals surface area contributed by atoms with E-state index in [9.17, 15) is 13.2 Å². The number of sulfonamides is 1. The van der Waals surface area contributed by atoms with Crippen LogP contribution < -0.4 is 5.14 Å². The number of primary sulfonamides is 1. The predicted octanol–water partition coefficient (Wildman–Crippen LogP) is -0.137. The van der Waals surface area contributed by atoms with Gasteiger partial charge in [0.05, 0.1) is 12.3 Å². The normalized spacial score (nSPS) is 11.9. The molecule has 0 aliphatic carbocycles. The van der Waals surface area contributed by atoms with Crippen molar-refractivity contribution in [2.75, 3.05) is 20.3 Å². The van der Waals surface area contributed by atoms with Gasteiger partial charge >= 0.3 is 0 Å². The zero-order valence-corrected chi connectivity index (χ0v) is 12.8. The molecule has 1 aromatic heterocycles. The van der Waals surface area contributed by atoms with E-state index in [2.05, 4.69) is 10.2 Å². The minimum Gasteiger partial charge on any atom is -0.383 e. The molecule has 0 fully saturated rings. The molecule has 0 saturated heterocycles. The molecular weight excluding hydrogens is 284 g/mol. The minimum absolute atomic E-state index is 0.122. The van der Waals surface area contributed by atoms with E-state index in [1.54, 1.807) is 0 Å². The van der Waals surface area contributed by atoms with Crippen LogP contribution in [0.2, 0.25) is 0 Å². The van der Waals surface area contributed by atoms with Crippen LogP contribution in [-0.4, -0.2) is 55.7 Å². The summed E-state index contributed by atoms with van der Waals surface area (Å²) in [5.41, 5.74) is 0.0566. The highest BCUT2D eigenvalue weighted by atomic mass is 32.2. The van der Waals surface area contributed by atoms with Crippen molar-refractivity contribution in [1.82, 2.24) is 15.1 Å². The molecular formula is C11H20N4O4S. The molecule has 3 N–H and O–H groups in total. The van der Waals surface area contributed by atoms with Gasteiger partial charge in [0.2, 0.25) is 10.0 Å². The Labute approximate surface area is 118 Å². The van der Waals surface area contributed by atoms with Gasteiger partial charge < -0.3 is 9.64 Å². The monoisotopic (exact) mass is 304 g/mol. The lowest BCUT2D eigenvalue weighted by atomic mass is 10.2. The van der Waals surface area contributed by atoms with Gasteiger partial charge in [-0.25, -0.2) is 13.6 Å². The predicted molar refractivity (Wildman–Crippen MR) is 72.7 cm³/mol. The van der Waals surface area contributed by atoms with Gasteiger partial charge in [-0.3, -0.25) is 9.89 Å². The molecule has 114 valence electrons. The second kappa shape index (κ2) is 6.33. The number of amides is 1. The Kier molecular flexibility index (Phi) is 5.26. The maximum atomic E-state index is 12.4. The molecule has 20 heavy (non-hydrogen) atoms. The SMILES string of the molecule is COCCN(C(=O)c1n[nH]c(C)c1S(N)(=O)=O)C(C)C. The van der Waals surface area contributed by atoms with E-state index in [0.29, 0.717) is 13.2 Å². The number of nitrogens with one attached hydrogen (secondary N) is 1. The second-order valence-corrected chi connectivity index (χ2v) is 6.15. The molecule has 0 bridgehead atoms. The smallest absolute Gasteiger partial charge is 0.276 e. The number of rotatable bonds is 6. The molecule has 0 aliphatic heterocycles. The van der Waals surface area contributed by atoms with Crippen molar-refractivity contribution in [3.8, 4) is 0 Å². The summed E-state index contributed by atoms with van der Waals surface area (Å²) in [6.07, 6.45) is 0. The fourth-order valence-electron chi connectivity index (χ4n) is 1.83. The largest absolute Gasteiger partial charge is 0.383 e. The molecule has 0 aromatic carbocycles. The molecule has 0 unspecified atom stereocenters. The van der Waals surface area contributed by atoms with Crippen LogP contribution in [0.15, 0.2) is 4.90 Å². The molecule has 1 heterocycles. The maximum absolute atomic E-state index is 12.4. The van der Waals surface area contributed by atoms with Crippen LogP contribution in [0, 0.1) is 6.92 Å². The van der Waals surface area contributed by atoms with Crippen molar-refractivity contribution in [2.24, 2.45) is 5.14 Å². The van der Waals surface area contributed by atoms with Gasteiger partial charge in [0.15, 0.2) is 5.69 Å². The number of hydrogen-bond donors (Lipinski definition) is 2. The van der Waals surface area contributed by atoms with Crippen LogP contribution in [-0.2, 0) is 14.8 Å². The van der Waals surface area contributed by atoms with Crippen LogP contribution in [0.1, 0.15) is 30.0 Å². The number of ether oxygens (including phenoxy) is 1. The molecule has 1 rings (SSSR count). The van der Waals surface area contributed by atoms with E-state index in [1.807, 2.05) is 13.8 Å². The standard InChI is InChI=1S/C11H20N4O4S/c1-7(2)15(5-6-19-4)11(16)9-10(20(12,17)18)8(3)13-14-9/h7H,5-6H2,1-4H3,(H,13,14)(H2,12,17,18). The van der Waals surface area contributed by atoms with Crippen LogP contribution in [0.25, 0.3) is 0 Å². The maximum Gasteiger partial charge on any atom is 0.276 e. The molecule has 0 spiro atoms. The lowest BCUT2D eigenvalue weighted by molar-refractivity contribution is 0.0625. The average molecular weight is 304 g/mol. The number of methoxy groups -OCH3 is 1. The number of nitrogens with two attached hydrogens (primary N) is 1. The first kappa shape index (κ1) is 16.6. The number of aromatic nitrogens is 2. The lowest BCUT2D eigenvalue weighted by Gasteiger charge is -2.25. The summed E-state index contributed by atoms with van der Waals surface area (Å²) >= 11 is 0. The molecule has 8 nitrogen and oxygen atoms in total. The second-order valence-electron chi connectivity index (χ2n) is 4.66. The summed E-state index contributed by atoms with van der Waals surface area (Å²) in [6.45, 7) is 5.83. The van der Waals surface area contributed by atoms with Crippen molar-refractivity contribution < 1.29 is 17.9 Å². The van der Waals surface area contributed by atoms with E-state index in [-0.39, 0.29) is 22.3 Å². The van der Waals surface area contributed by atoms with Gasteiger partial charge in [0.1, 0.15) is 4.90 Å². The molecule has 0 saturated carbocycles. The summed E-state index contributed by atoms with van der Waals surface area (Å²) in [5.74, 6) is -0.495. The van der Waals surface area contributed by atoms with Crippen molar-refractivity contribution in [3.63, 3.8) is 0 Å². The number of aromatic amines is 1. The van der Waals surface area contributed by atoms with E-state index in [4.69, 9.17) is 9.88 Å². The zero-order chi connectivity index (χ0) is 15.5. The van der Waals surface area contributed by atoms with Crippen molar-refractivity contribution >= 4 is 15.9 Å². The molecule has 0 aliphatic rings. The third-order valence-corrected chi connectivity index (χ3v) is 3.87. The van der Waals surface area contributed by atoms with Crippen molar-refractivity contribution in [1.29, 1.82) is 0 Å². The van der Waals surface area contributed by atoms with Gasteiger partial charge in [0, 0.05) is 19.7 Å². The summed E-state index contributed by atoms with van der Waals surface area (Å²) < 4.78 is 28.1. The topological polar surface area (TPSA) is 118 Å². The van der Waals surface area contributed by atoms with Crippen molar-refractivity contribution in [3.05, 3.63) is 11.4 Å². The Morgan fingerprint density at radius 3 is 2.55 bits per heavy atom. The molecule has 0 atom stereocenters. The number of carbonyl (C=O) groups excluding carboxylic acids is 1. The third kappa shape index (κ3) is 3.56. The minimum atomic E-state index is -4.02. The van der Waals surface area contributed by atoms with Crippen molar-refractivity contribution in [2.45, 2.75) is 31.7 Å². The number of hydrogen-bond acceptors (Lipinski definition) is 5. The summed E-state index contributed by atoms with van der Waals surface area (Å²) in [5, 5.41) is 11.4. The first-order valence-electron chi connectivity index (χ1n) is 6.07. The fourth-order valence-corrected chi connectivity index (χ4v) is 2.71. The average Bonchev–Trinajstić information content (AvgIpc) is 2.70. The van der Waals surface area contributed by atoms with Gasteiger partial charge in [-0.05, 0) is 20.8 Å².